The number of ether oxygens (including phenoxy) is 1. The minimum atomic E-state index is -0.741. The monoisotopic (exact) mass is 326 g/mol. The first kappa shape index (κ1) is 19.6. The average molecular weight is 326 g/mol. The number of hydrogen-bond acceptors (Lipinski definition) is 4. The van der Waals surface area contributed by atoms with Gasteiger partial charge in [0.05, 0.1) is 12.1 Å². The molecule has 0 aromatic rings. The third-order valence-corrected chi connectivity index (χ3v) is 4.07. The highest BCUT2D eigenvalue weighted by atomic mass is 16.6. The van der Waals surface area contributed by atoms with Crippen molar-refractivity contribution in [2.75, 3.05) is 6.54 Å². The first-order chi connectivity index (χ1) is 10.8. The molecule has 0 unspecified atom stereocenters. The van der Waals surface area contributed by atoms with Gasteiger partial charge in [0.2, 0.25) is 0 Å². The zero-order valence-electron chi connectivity index (χ0n) is 14.5. The molecule has 0 aromatic heterocycles. The van der Waals surface area contributed by atoms with Crippen LogP contribution in [0.15, 0.2) is 5.11 Å². The molecule has 23 heavy (non-hydrogen) atoms. The summed E-state index contributed by atoms with van der Waals surface area (Å²) in [6, 6.07) is -0.373. The van der Waals surface area contributed by atoms with Crippen LogP contribution in [0.1, 0.15) is 65.7 Å². The number of carbonyl (C=O) groups is 1. The molecule has 1 fully saturated rings. The smallest absolute Gasteiger partial charge is 0.407 e. The summed E-state index contributed by atoms with van der Waals surface area (Å²) < 4.78 is 5.29. The molecule has 7 heteroatoms. The normalized spacial score (nSPS) is 18.6. The Hall–Kier alpha value is -1.46. The molecule has 7 nitrogen and oxygen atoms in total. The summed E-state index contributed by atoms with van der Waals surface area (Å²) in [6.07, 6.45) is 5.76. The average Bonchev–Trinajstić information content (AvgIpc) is 2.46. The van der Waals surface area contributed by atoms with Gasteiger partial charge < -0.3 is 15.2 Å². The van der Waals surface area contributed by atoms with E-state index in [1.807, 2.05) is 0 Å². The lowest BCUT2D eigenvalue weighted by Gasteiger charge is -2.31. The fourth-order valence-electron chi connectivity index (χ4n) is 2.99. The zero-order chi connectivity index (χ0) is 17.3. The Balaban J connectivity index is 2.61. The fourth-order valence-corrected chi connectivity index (χ4v) is 2.99. The van der Waals surface area contributed by atoms with Crippen LogP contribution < -0.4 is 5.32 Å². The van der Waals surface area contributed by atoms with Gasteiger partial charge in [0.1, 0.15) is 5.60 Å². The van der Waals surface area contributed by atoms with Crippen molar-refractivity contribution >= 4 is 6.09 Å². The Morgan fingerprint density at radius 2 is 2.04 bits per heavy atom. The Bertz CT molecular complexity index is 410. The summed E-state index contributed by atoms with van der Waals surface area (Å²) in [6.45, 7) is 5.64. The van der Waals surface area contributed by atoms with Gasteiger partial charge in [0.15, 0.2) is 0 Å². The number of azide groups is 1. The standard InChI is InChI=1S/C16H30N4O3/c1-16(2,3)23-15(22)19-13(14(21)9-10-18-20-17)11-12-7-5-4-6-8-12/h12-14,21H,4-11H2,1-3H3,(H,19,22)/t13-,14-/m0/s1. The van der Waals surface area contributed by atoms with Crippen molar-refractivity contribution in [3.63, 3.8) is 0 Å². The molecule has 2 N–H and O–H groups in total. The molecule has 132 valence electrons. The Morgan fingerprint density at radius 1 is 1.39 bits per heavy atom. The number of rotatable bonds is 7. The number of nitrogens with one attached hydrogen (secondary N) is 1. The van der Waals surface area contributed by atoms with Crippen molar-refractivity contribution in [2.24, 2.45) is 11.0 Å². The molecule has 1 rings (SSSR count). The van der Waals surface area contributed by atoms with Gasteiger partial charge in [-0.15, -0.1) is 0 Å². The third kappa shape index (κ3) is 8.67. The van der Waals surface area contributed by atoms with Crippen LogP contribution in [-0.2, 0) is 4.74 Å². The van der Waals surface area contributed by atoms with E-state index in [4.69, 9.17) is 10.3 Å². The quantitative estimate of drug-likeness (QED) is 0.420. The van der Waals surface area contributed by atoms with Gasteiger partial charge in [-0.25, -0.2) is 4.79 Å². The molecule has 1 aliphatic carbocycles. The van der Waals surface area contributed by atoms with E-state index in [1.165, 1.54) is 19.3 Å². The van der Waals surface area contributed by atoms with E-state index >= 15 is 0 Å². The van der Waals surface area contributed by atoms with Crippen LogP contribution in [0.3, 0.4) is 0 Å². The molecule has 1 amide bonds. The number of carbonyl (C=O) groups excluding carboxylic acids is 1. The van der Waals surface area contributed by atoms with Gasteiger partial charge in [-0.1, -0.05) is 37.2 Å². The maximum Gasteiger partial charge on any atom is 0.407 e. The van der Waals surface area contributed by atoms with E-state index in [2.05, 4.69) is 15.3 Å². The predicted molar refractivity (Wildman–Crippen MR) is 89.0 cm³/mol. The van der Waals surface area contributed by atoms with Gasteiger partial charge in [-0.3, -0.25) is 0 Å². The highest BCUT2D eigenvalue weighted by Crippen LogP contribution is 2.28. The topological polar surface area (TPSA) is 107 Å². The van der Waals surface area contributed by atoms with Crippen LogP contribution >= 0.6 is 0 Å². The molecule has 0 heterocycles. The summed E-state index contributed by atoms with van der Waals surface area (Å²) >= 11 is 0. The van der Waals surface area contributed by atoms with Crippen LogP contribution in [0, 0.1) is 5.92 Å². The Morgan fingerprint density at radius 3 is 2.61 bits per heavy atom. The van der Waals surface area contributed by atoms with Crippen molar-refractivity contribution < 1.29 is 14.6 Å². The number of aliphatic hydroxyl groups excluding tert-OH is 1. The first-order valence-electron chi connectivity index (χ1n) is 8.50. The van der Waals surface area contributed by atoms with Gasteiger partial charge in [-0.05, 0) is 45.1 Å². The second kappa shape index (κ2) is 9.63. The predicted octanol–water partition coefficient (Wildman–Crippen LogP) is 3.91. The van der Waals surface area contributed by atoms with Gasteiger partial charge in [0.25, 0.3) is 0 Å². The molecule has 2 atom stereocenters. The lowest BCUT2D eigenvalue weighted by atomic mass is 9.83. The maximum absolute atomic E-state index is 12.0. The molecule has 1 aliphatic rings. The summed E-state index contributed by atoms with van der Waals surface area (Å²) in [7, 11) is 0. The van der Waals surface area contributed by atoms with Crippen LogP contribution in [0.25, 0.3) is 10.4 Å². The molecular weight excluding hydrogens is 296 g/mol. The second-order valence-corrected chi connectivity index (χ2v) is 7.30. The lowest BCUT2D eigenvalue weighted by molar-refractivity contribution is 0.0384. The van der Waals surface area contributed by atoms with E-state index in [0.717, 1.165) is 19.3 Å². The van der Waals surface area contributed by atoms with E-state index in [0.29, 0.717) is 12.3 Å². The largest absolute Gasteiger partial charge is 0.444 e. The molecule has 0 aliphatic heterocycles. The minimum Gasteiger partial charge on any atom is -0.444 e. The van der Waals surface area contributed by atoms with Crippen molar-refractivity contribution in [1.29, 1.82) is 0 Å². The first-order valence-corrected chi connectivity index (χ1v) is 8.50. The fraction of sp³-hybridized carbons (Fsp3) is 0.938. The van der Waals surface area contributed by atoms with Crippen LogP contribution in [0.4, 0.5) is 4.79 Å². The maximum atomic E-state index is 12.0. The number of amides is 1. The molecule has 0 spiro atoms. The third-order valence-electron chi connectivity index (χ3n) is 4.07. The summed E-state index contributed by atoms with van der Waals surface area (Å²) in [5, 5.41) is 16.6. The highest BCUT2D eigenvalue weighted by Gasteiger charge is 2.27. The Labute approximate surface area is 138 Å². The van der Waals surface area contributed by atoms with E-state index in [-0.39, 0.29) is 12.6 Å². The van der Waals surface area contributed by atoms with E-state index in [1.54, 1.807) is 20.8 Å². The van der Waals surface area contributed by atoms with E-state index in [9.17, 15) is 9.90 Å². The Kier molecular flexibility index (Phi) is 8.20. The highest BCUT2D eigenvalue weighted by molar-refractivity contribution is 5.68. The van der Waals surface area contributed by atoms with Crippen LogP contribution in [-0.4, -0.2) is 35.5 Å². The number of hydrogen-bond donors (Lipinski definition) is 2. The second-order valence-electron chi connectivity index (χ2n) is 7.30. The molecule has 0 saturated heterocycles. The summed E-state index contributed by atoms with van der Waals surface area (Å²) in [4.78, 5) is 14.7. The van der Waals surface area contributed by atoms with Crippen molar-refractivity contribution in [3.05, 3.63) is 10.4 Å². The molecule has 0 radical (unpaired) electrons. The summed E-state index contributed by atoms with van der Waals surface area (Å²) in [5.74, 6) is 0.512. The molecular formula is C16H30N4O3. The SMILES string of the molecule is CC(C)(C)OC(=O)N[C@@H](CC1CCCCC1)[C@@H](O)CCN=[N+]=[N-]. The van der Waals surface area contributed by atoms with Crippen molar-refractivity contribution in [1.82, 2.24) is 5.32 Å². The molecule has 0 aromatic carbocycles. The van der Waals surface area contributed by atoms with Gasteiger partial charge in [-0.2, -0.15) is 0 Å². The van der Waals surface area contributed by atoms with Crippen molar-refractivity contribution in [2.45, 2.75) is 83.5 Å². The minimum absolute atomic E-state index is 0.217. The lowest BCUT2D eigenvalue weighted by Crippen LogP contribution is -2.46. The summed E-state index contributed by atoms with van der Waals surface area (Å²) in [5.41, 5.74) is 7.76. The van der Waals surface area contributed by atoms with Gasteiger partial charge >= 0.3 is 6.09 Å². The van der Waals surface area contributed by atoms with E-state index < -0.39 is 17.8 Å². The molecule has 0 bridgehead atoms. The zero-order valence-corrected chi connectivity index (χ0v) is 14.5. The van der Waals surface area contributed by atoms with Crippen LogP contribution in [0.5, 0.6) is 0 Å². The van der Waals surface area contributed by atoms with Crippen LogP contribution in [0.2, 0.25) is 0 Å². The number of nitrogens with zero attached hydrogens (tertiary/aromatic N) is 3. The van der Waals surface area contributed by atoms with Crippen molar-refractivity contribution in [3.8, 4) is 0 Å². The molecule has 1 saturated carbocycles. The number of aliphatic hydroxyl groups is 1. The van der Waals surface area contributed by atoms with Gasteiger partial charge in [0, 0.05) is 11.5 Å². The number of alkyl carbamates (subject to hydrolysis) is 1.